The van der Waals surface area contributed by atoms with Crippen LogP contribution in [0.15, 0.2) is 60.7 Å². The molecule has 4 nitrogen and oxygen atoms in total. The van der Waals surface area contributed by atoms with E-state index in [9.17, 15) is 9.59 Å². The molecule has 0 saturated carbocycles. The zero-order valence-corrected chi connectivity index (χ0v) is 12.8. The summed E-state index contributed by atoms with van der Waals surface area (Å²) in [5.74, 6) is -0.611. The molecule has 0 aliphatic carbocycles. The minimum atomic E-state index is -0.542. The van der Waals surface area contributed by atoms with Crippen LogP contribution in [0, 0.1) is 5.92 Å². The molecule has 1 amide bonds. The summed E-state index contributed by atoms with van der Waals surface area (Å²) >= 11 is 0. The van der Waals surface area contributed by atoms with E-state index in [1.807, 2.05) is 60.7 Å². The van der Waals surface area contributed by atoms with Gasteiger partial charge in [0.25, 0.3) is 0 Å². The number of carbonyl (C=O) groups excluding carboxylic acids is 2. The normalized spacial score (nSPS) is 20.1. The highest BCUT2D eigenvalue weighted by molar-refractivity contribution is 5.89. The number of nitrogens with one attached hydrogen (secondary N) is 1. The average Bonchev–Trinajstić information content (AvgIpc) is 2.95. The van der Waals surface area contributed by atoms with Crippen molar-refractivity contribution >= 4 is 11.9 Å². The maximum absolute atomic E-state index is 12.1. The molecule has 1 heterocycles. The summed E-state index contributed by atoms with van der Waals surface area (Å²) in [4.78, 5) is 24.2. The molecule has 23 heavy (non-hydrogen) atoms. The minimum absolute atomic E-state index is 0.0736. The number of benzene rings is 2. The van der Waals surface area contributed by atoms with Crippen molar-refractivity contribution in [3.8, 4) is 0 Å². The highest BCUT2D eigenvalue weighted by Gasteiger charge is 2.36. The lowest BCUT2D eigenvalue weighted by Crippen LogP contribution is -2.34. The quantitative estimate of drug-likeness (QED) is 0.863. The molecule has 2 aromatic carbocycles. The Kier molecular flexibility index (Phi) is 4.71. The van der Waals surface area contributed by atoms with Crippen LogP contribution in [-0.4, -0.2) is 17.9 Å². The molecular formula is C19H19NO3. The largest absolute Gasteiger partial charge is 0.459 e. The SMILES string of the molecule is O=C1N[C@H](C(=O)OCc2ccccc2)C[C@@H]1Cc1ccccc1. The lowest BCUT2D eigenvalue weighted by molar-refractivity contribution is -0.147. The van der Waals surface area contributed by atoms with Gasteiger partial charge in [-0.15, -0.1) is 0 Å². The summed E-state index contributed by atoms with van der Waals surface area (Å²) in [6, 6.07) is 18.8. The lowest BCUT2D eigenvalue weighted by Gasteiger charge is -2.10. The van der Waals surface area contributed by atoms with Crippen LogP contribution in [0.2, 0.25) is 0 Å². The number of hydrogen-bond acceptors (Lipinski definition) is 3. The Labute approximate surface area is 135 Å². The Morgan fingerprint density at radius 2 is 1.61 bits per heavy atom. The smallest absolute Gasteiger partial charge is 0.328 e. The van der Waals surface area contributed by atoms with Gasteiger partial charge in [-0.25, -0.2) is 4.79 Å². The number of ether oxygens (including phenoxy) is 1. The Morgan fingerprint density at radius 1 is 1.00 bits per heavy atom. The molecule has 0 spiro atoms. The van der Waals surface area contributed by atoms with Gasteiger partial charge < -0.3 is 10.1 Å². The Morgan fingerprint density at radius 3 is 2.26 bits per heavy atom. The highest BCUT2D eigenvalue weighted by atomic mass is 16.5. The fourth-order valence-electron chi connectivity index (χ4n) is 2.80. The van der Waals surface area contributed by atoms with Gasteiger partial charge in [-0.2, -0.15) is 0 Å². The monoisotopic (exact) mass is 309 g/mol. The molecular weight excluding hydrogens is 290 g/mol. The van der Waals surface area contributed by atoms with E-state index >= 15 is 0 Å². The molecule has 0 unspecified atom stereocenters. The van der Waals surface area contributed by atoms with E-state index in [2.05, 4.69) is 5.32 Å². The second-order valence-electron chi connectivity index (χ2n) is 5.78. The maximum Gasteiger partial charge on any atom is 0.328 e. The maximum atomic E-state index is 12.1. The third kappa shape index (κ3) is 3.97. The molecule has 2 atom stereocenters. The van der Waals surface area contributed by atoms with Crippen molar-refractivity contribution in [1.29, 1.82) is 0 Å². The van der Waals surface area contributed by atoms with Gasteiger partial charge in [0.15, 0.2) is 0 Å². The first-order valence-electron chi connectivity index (χ1n) is 7.77. The Balaban J connectivity index is 1.53. The molecule has 1 aliphatic heterocycles. The number of esters is 1. The van der Waals surface area contributed by atoms with E-state index in [0.29, 0.717) is 12.8 Å². The predicted molar refractivity (Wildman–Crippen MR) is 86.4 cm³/mol. The van der Waals surface area contributed by atoms with Gasteiger partial charge in [0.1, 0.15) is 12.6 Å². The van der Waals surface area contributed by atoms with Crippen LogP contribution in [0.3, 0.4) is 0 Å². The molecule has 3 rings (SSSR count). The standard InChI is InChI=1S/C19H19NO3/c21-18-16(11-14-7-3-1-4-8-14)12-17(20-18)19(22)23-13-15-9-5-2-6-10-15/h1-10,16-17H,11-13H2,(H,20,21)/t16-,17-/m0/s1. The summed E-state index contributed by atoms with van der Waals surface area (Å²) in [6.45, 7) is 0.232. The zero-order chi connectivity index (χ0) is 16.1. The summed E-state index contributed by atoms with van der Waals surface area (Å²) in [7, 11) is 0. The van der Waals surface area contributed by atoms with Gasteiger partial charge in [-0.1, -0.05) is 60.7 Å². The fourth-order valence-corrected chi connectivity index (χ4v) is 2.80. The van der Waals surface area contributed by atoms with Gasteiger partial charge in [0, 0.05) is 5.92 Å². The average molecular weight is 309 g/mol. The van der Waals surface area contributed by atoms with Crippen LogP contribution in [0.4, 0.5) is 0 Å². The third-order valence-corrected chi connectivity index (χ3v) is 4.04. The van der Waals surface area contributed by atoms with E-state index in [-0.39, 0.29) is 24.4 Å². The van der Waals surface area contributed by atoms with Gasteiger partial charge >= 0.3 is 5.97 Å². The lowest BCUT2D eigenvalue weighted by atomic mass is 9.96. The number of rotatable bonds is 5. The first-order valence-corrected chi connectivity index (χ1v) is 7.77. The first-order chi connectivity index (χ1) is 11.2. The number of hydrogen-bond donors (Lipinski definition) is 1. The van der Waals surface area contributed by atoms with Crippen molar-refractivity contribution in [2.45, 2.75) is 25.5 Å². The van der Waals surface area contributed by atoms with E-state index < -0.39 is 6.04 Å². The van der Waals surface area contributed by atoms with Crippen molar-refractivity contribution in [2.24, 2.45) is 5.92 Å². The van der Waals surface area contributed by atoms with Crippen molar-refractivity contribution in [3.05, 3.63) is 71.8 Å². The molecule has 4 heteroatoms. The van der Waals surface area contributed by atoms with E-state index in [1.54, 1.807) is 0 Å². The second kappa shape index (κ2) is 7.09. The molecule has 1 aliphatic rings. The van der Waals surface area contributed by atoms with Gasteiger partial charge in [0.05, 0.1) is 0 Å². The van der Waals surface area contributed by atoms with Crippen molar-refractivity contribution in [1.82, 2.24) is 5.32 Å². The van der Waals surface area contributed by atoms with Crippen molar-refractivity contribution in [3.63, 3.8) is 0 Å². The van der Waals surface area contributed by atoms with Gasteiger partial charge in [-0.05, 0) is 24.0 Å². The molecule has 2 aromatic rings. The summed E-state index contributed by atoms with van der Waals surface area (Å²) in [5, 5.41) is 2.75. The molecule has 1 fully saturated rings. The third-order valence-electron chi connectivity index (χ3n) is 4.04. The molecule has 0 radical (unpaired) electrons. The van der Waals surface area contributed by atoms with Gasteiger partial charge in [0.2, 0.25) is 5.91 Å². The fraction of sp³-hybridized carbons (Fsp3) is 0.263. The van der Waals surface area contributed by atoms with Crippen molar-refractivity contribution < 1.29 is 14.3 Å². The summed E-state index contributed by atoms with van der Waals surface area (Å²) in [6.07, 6.45) is 1.14. The van der Waals surface area contributed by atoms with Crippen LogP contribution in [0.1, 0.15) is 17.5 Å². The predicted octanol–water partition coefficient (Wildman–Crippen LogP) is 2.48. The van der Waals surface area contributed by atoms with E-state index in [1.165, 1.54) is 0 Å². The van der Waals surface area contributed by atoms with E-state index in [0.717, 1.165) is 11.1 Å². The molecule has 118 valence electrons. The van der Waals surface area contributed by atoms with Crippen LogP contribution >= 0.6 is 0 Å². The first kappa shape index (κ1) is 15.3. The molecule has 1 saturated heterocycles. The highest BCUT2D eigenvalue weighted by Crippen LogP contribution is 2.21. The minimum Gasteiger partial charge on any atom is -0.459 e. The van der Waals surface area contributed by atoms with Crippen LogP contribution < -0.4 is 5.32 Å². The van der Waals surface area contributed by atoms with E-state index in [4.69, 9.17) is 4.74 Å². The van der Waals surface area contributed by atoms with Crippen molar-refractivity contribution in [2.75, 3.05) is 0 Å². The zero-order valence-electron chi connectivity index (χ0n) is 12.8. The number of carbonyl (C=O) groups is 2. The van der Waals surface area contributed by atoms with Crippen LogP contribution in [0.25, 0.3) is 0 Å². The number of amides is 1. The Bertz CT molecular complexity index is 670. The summed E-state index contributed by atoms with van der Waals surface area (Å²) in [5.41, 5.74) is 2.04. The molecule has 0 bridgehead atoms. The topological polar surface area (TPSA) is 55.4 Å². The Hall–Kier alpha value is -2.62. The second-order valence-corrected chi connectivity index (χ2v) is 5.78. The van der Waals surface area contributed by atoms with Crippen LogP contribution in [0.5, 0.6) is 0 Å². The molecule has 1 N–H and O–H groups in total. The van der Waals surface area contributed by atoms with Crippen LogP contribution in [-0.2, 0) is 27.4 Å². The van der Waals surface area contributed by atoms with Gasteiger partial charge in [-0.3, -0.25) is 4.79 Å². The molecule has 0 aromatic heterocycles. The summed E-state index contributed by atoms with van der Waals surface area (Å²) < 4.78 is 5.31.